The van der Waals surface area contributed by atoms with Crippen LogP contribution in [0.2, 0.25) is 0 Å². The minimum atomic E-state index is -4.88. The first-order chi connectivity index (χ1) is 18.6. The van der Waals surface area contributed by atoms with E-state index in [0.29, 0.717) is 43.1 Å². The fourth-order valence-electron chi connectivity index (χ4n) is 4.13. The SMILES string of the molecule is N#Cc1cccc(C(ON=C2CCN(S(=O)(=O)c3ccc(OC(F)(F)F)cc3)CC2)C(=O)N2CCOCC2)c1. The molecule has 0 bridgehead atoms. The highest BCUT2D eigenvalue weighted by atomic mass is 32.2. The topological polar surface area (TPSA) is 122 Å². The number of oxime groups is 1. The highest BCUT2D eigenvalue weighted by Gasteiger charge is 2.33. The summed E-state index contributed by atoms with van der Waals surface area (Å²) in [6, 6.07) is 12.5. The van der Waals surface area contributed by atoms with Crippen LogP contribution in [0.4, 0.5) is 13.2 Å². The zero-order chi connectivity index (χ0) is 28.0. The number of halogens is 3. The number of hydrogen-bond donors (Lipinski definition) is 0. The van der Waals surface area contributed by atoms with Crippen molar-refractivity contribution >= 4 is 21.6 Å². The molecule has 39 heavy (non-hydrogen) atoms. The molecule has 2 aromatic rings. The lowest BCUT2D eigenvalue weighted by Crippen LogP contribution is -2.43. The number of piperidine rings is 1. The third kappa shape index (κ3) is 7.25. The molecule has 14 heteroatoms. The zero-order valence-corrected chi connectivity index (χ0v) is 21.4. The van der Waals surface area contributed by atoms with Gasteiger partial charge in [0.2, 0.25) is 16.1 Å². The molecule has 0 radical (unpaired) electrons. The Morgan fingerprint density at radius 1 is 1.05 bits per heavy atom. The number of alkyl halides is 3. The summed E-state index contributed by atoms with van der Waals surface area (Å²) in [6.45, 7) is 1.71. The zero-order valence-electron chi connectivity index (χ0n) is 20.6. The molecule has 1 amide bonds. The fourth-order valence-corrected chi connectivity index (χ4v) is 5.58. The normalized spacial score (nSPS) is 17.7. The monoisotopic (exact) mass is 566 g/mol. The maximum Gasteiger partial charge on any atom is 0.573 e. The van der Waals surface area contributed by atoms with Gasteiger partial charge in [-0.05, 0) is 36.4 Å². The van der Waals surface area contributed by atoms with Gasteiger partial charge in [-0.2, -0.15) is 9.57 Å². The molecule has 10 nitrogen and oxygen atoms in total. The summed E-state index contributed by atoms with van der Waals surface area (Å²) in [5.41, 5.74) is 1.37. The Bertz CT molecular complexity index is 1340. The quantitative estimate of drug-likeness (QED) is 0.472. The first kappa shape index (κ1) is 28.3. The van der Waals surface area contributed by atoms with Gasteiger partial charge in [0, 0.05) is 44.6 Å². The number of benzene rings is 2. The number of nitriles is 1. The molecule has 0 N–H and O–H groups in total. The van der Waals surface area contributed by atoms with Crippen LogP contribution < -0.4 is 4.74 Å². The van der Waals surface area contributed by atoms with Crippen molar-refractivity contribution < 1.29 is 40.7 Å². The van der Waals surface area contributed by atoms with Crippen LogP contribution in [0.5, 0.6) is 5.75 Å². The van der Waals surface area contributed by atoms with E-state index in [0.717, 1.165) is 24.3 Å². The molecule has 2 aliphatic heterocycles. The molecule has 2 aromatic carbocycles. The van der Waals surface area contributed by atoms with Crippen molar-refractivity contribution in [3.05, 3.63) is 59.7 Å². The standard InChI is InChI=1S/C25H25F3N4O6S/c26-25(27,28)37-21-4-6-22(7-5-21)39(34,35)32-10-8-20(9-11-32)30-38-23(19-3-1-2-18(16-19)17-29)24(33)31-12-14-36-15-13-31/h1-7,16,23H,8-15H2. The summed E-state index contributed by atoms with van der Waals surface area (Å²) in [6.07, 6.45) is -5.52. The maximum absolute atomic E-state index is 13.2. The van der Waals surface area contributed by atoms with Crippen LogP contribution in [0.3, 0.4) is 0 Å². The van der Waals surface area contributed by atoms with Gasteiger partial charge in [-0.1, -0.05) is 17.3 Å². The number of hydrogen-bond acceptors (Lipinski definition) is 8. The summed E-state index contributed by atoms with van der Waals surface area (Å²) >= 11 is 0. The Hall–Kier alpha value is -3.67. The third-order valence-corrected chi connectivity index (χ3v) is 8.06. The van der Waals surface area contributed by atoms with Crippen molar-refractivity contribution in [3.63, 3.8) is 0 Å². The van der Waals surface area contributed by atoms with E-state index >= 15 is 0 Å². The van der Waals surface area contributed by atoms with E-state index < -0.39 is 28.2 Å². The predicted molar refractivity (Wildman–Crippen MR) is 131 cm³/mol. The molecular weight excluding hydrogens is 541 g/mol. The number of ether oxygens (including phenoxy) is 2. The molecule has 0 spiro atoms. The Kier molecular flexibility index (Phi) is 8.73. The van der Waals surface area contributed by atoms with Crippen molar-refractivity contribution in [1.29, 1.82) is 5.26 Å². The van der Waals surface area contributed by atoms with Gasteiger partial charge in [0.05, 0.1) is 35.5 Å². The summed E-state index contributed by atoms with van der Waals surface area (Å²) in [5.74, 6) is -0.844. The van der Waals surface area contributed by atoms with E-state index in [-0.39, 0.29) is 36.7 Å². The first-order valence-electron chi connectivity index (χ1n) is 12.0. The van der Waals surface area contributed by atoms with Crippen LogP contribution in [0.25, 0.3) is 0 Å². The van der Waals surface area contributed by atoms with E-state index in [1.54, 1.807) is 29.2 Å². The number of carbonyl (C=O) groups excluding carboxylic acids is 1. The summed E-state index contributed by atoms with van der Waals surface area (Å²) in [4.78, 5) is 20.4. The molecule has 208 valence electrons. The van der Waals surface area contributed by atoms with Crippen LogP contribution >= 0.6 is 0 Å². The Balaban J connectivity index is 1.43. The van der Waals surface area contributed by atoms with E-state index in [1.165, 1.54) is 4.31 Å². The molecule has 4 rings (SSSR count). The lowest BCUT2D eigenvalue weighted by Gasteiger charge is -2.30. The highest BCUT2D eigenvalue weighted by Crippen LogP contribution is 2.27. The van der Waals surface area contributed by atoms with E-state index in [9.17, 15) is 31.6 Å². The van der Waals surface area contributed by atoms with Gasteiger partial charge in [0.25, 0.3) is 5.91 Å². The summed E-state index contributed by atoms with van der Waals surface area (Å²) < 4.78 is 73.4. The van der Waals surface area contributed by atoms with Crippen molar-refractivity contribution in [3.8, 4) is 11.8 Å². The number of morpholine rings is 1. The van der Waals surface area contributed by atoms with Gasteiger partial charge in [-0.3, -0.25) is 4.79 Å². The van der Waals surface area contributed by atoms with Gasteiger partial charge in [-0.15, -0.1) is 13.2 Å². The van der Waals surface area contributed by atoms with Crippen molar-refractivity contribution in [2.24, 2.45) is 5.16 Å². The lowest BCUT2D eigenvalue weighted by molar-refractivity contribution is -0.274. The summed E-state index contributed by atoms with van der Waals surface area (Å²) in [7, 11) is -3.96. The molecule has 2 saturated heterocycles. The minimum Gasteiger partial charge on any atom is -0.406 e. The average Bonchev–Trinajstić information content (AvgIpc) is 2.93. The number of sulfonamides is 1. The van der Waals surface area contributed by atoms with Gasteiger partial charge in [0.15, 0.2) is 0 Å². The highest BCUT2D eigenvalue weighted by molar-refractivity contribution is 7.89. The maximum atomic E-state index is 13.2. The Labute approximate surface area is 223 Å². The molecule has 2 aliphatic rings. The van der Waals surface area contributed by atoms with E-state index in [4.69, 9.17) is 9.57 Å². The molecular formula is C25H25F3N4O6S. The second-order valence-corrected chi connectivity index (χ2v) is 10.7. The van der Waals surface area contributed by atoms with Gasteiger partial charge >= 0.3 is 6.36 Å². The smallest absolute Gasteiger partial charge is 0.406 e. The molecule has 0 aliphatic carbocycles. The summed E-state index contributed by atoms with van der Waals surface area (Å²) in [5, 5.41) is 13.4. The number of amides is 1. The van der Waals surface area contributed by atoms with Crippen LogP contribution in [-0.4, -0.2) is 75.0 Å². The van der Waals surface area contributed by atoms with Crippen molar-refractivity contribution in [2.45, 2.75) is 30.2 Å². The van der Waals surface area contributed by atoms with Crippen molar-refractivity contribution in [1.82, 2.24) is 9.21 Å². The molecule has 2 heterocycles. The number of rotatable bonds is 7. The largest absolute Gasteiger partial charge is 0.573 e. The minimum absolute atomic E-state index is 0.0668. The molecule has 2 fully saturated rings. The third-order valence-electron chi connectivity index (χ3n) is 6.15. The first-order valence-corrected chi connectivity index (χ1v) is 13.4. The van der Waals surface area contributed by atoms with Crippen LogP contribution in [0, 0.1) is 11.3 Å². The lowest BCUT2D eigenvalue weighted by atomic mass is 10.1. The Morgan fingerprint density at radius 3 is 2.33 bits per heavy atom. The average molecular weight is 567 g/mol. The van der Waals surface area contributed by atoms with Crippen molar-refractivity contribution in [2.75, 3.05) is 39.4 Å². The Morgan fingerprint density at radius 2 is 1.72 bits per heavy atom. The molecule has 1 unspecified atom stereocenters. The van der Waals surface area contributed by atoms with Gasteiger partial charge < -0.3 is 19.2 Å². The predicted octanol–water partition coefficient (Wildman–Crippen LogP) is 3.21. The second kappa shape index (κ2) is 12.0. The van der Waals surface area contributed by atoms with Crippen LogP contribution in [-0.2, 0) is 24.4 Å². The van der Waals surface area contributed by atoms with Crippen LogP contribution in [0.15, 0.2) is 58.6 Å². The van der Waals surface area contributed by atoms with Gasteiger partial charge in [0.1, 0.15) is 5.75 Å². The molecule has 1 atom stereocenters. The number of carbonyl (C=O) groups is 1. The second-order valence-electron chi connectivity index (χ2n) is 8.74. The molecule has 0 aromatic heterocycles. The van der Waals surface area contributed by atoms with E-state index in [1.807, 2.05) is 6.07 Å². The number of nitrogens with zero attached hydrogens (tertiary/aromatic N) is 4. The van der Waals surface area contributed by atoms with Gasteiger partial charge in [-0.25, -0.2) is 8.42 Å². The molecule has 0 saturated carbocycles. The fraction of sp³-hybridized carbons (Fsp3) is 0.400. The van der Waals surface area contributed by atoms with E-state index in [2.05, 4.69) is 9.89 Å². The van der Waals surface area contributed by atoms with Crippen LogP contribution in [0.1, 0.15) is 30.1 Å².